The lowest BCUT2D eigenvalue weighted by atomic mass is 10.2. The van der Waals surface area contributed by atoms with Crippen LogP contribution in [0.1, 0.15) is 18.4 Å². The number of aromatic nitrogens is 2. The summed E-state index contributed by atoms with van der Waals surface area (Å²) in [6.45, 7) is 1.73. The second kappa shape index (κ2) is 2.27. The molecule has 0 aliphatic heterocycles. The molecule has 0 atom stereocenters. The molecule has 5 heteroatoms. The average Bonchev–Trinajstić information content (AvgIpc) is 2.70. The molecule has 0 aromatic carbocycles. The zero-order valence-corrected chi connectivity index (χ0v) is 7.10. The van der Waals surface area contributed by atoms with E-state index in [-0.39, 0.29) is 12.8 Å². The average molecular weight is 190 g/mol. The van der Waals surface area contributed by atoms with Gasteiger partial charge in [-0.3, -0.25) is 4.68 Å². The molecule has 1 saturated carbocycles. The van der Waals surface area contributed by atoms with Gasteiger partial charge in [0.05, 0.1) is 6.20 Å². The lowest BCUT2D eigenvalue weighted by molar-refractivity contribution is -0.182. The molecular formula is C8H9F3N2. The van der Waals surface area contributed by atoms with Gasteiger partial charge in [0.1, 0.15) is 0 Å². The van der Waals surface area contributed by atoms with Gasteiger partial charge in [-0.1, -0.05) is 0 Å². The van der Waals surface area contributed by atoms with Crippen LogP contribution in [0.5, 0.6) is 0 Å². The number of rotatable bonds is 1. The highest BCUT2D eigenvalue weighted by Crippen LogP contribution is 2.54. The highest BCUT2D eigenvalue weighted by molar-refractivity contribution is 5.10. The Morgan fingerprint density at radius 1 is 1.46 bits per heavy atom. The molecule has 13 heavy (non-hydrogen) atoms. The summed E-state index contributed by atoms with van der Waals surface area (Å²) in [7, 11) is 0. The fraction of sp³-hybridized carbons (Fsp3) is 0.625. The first-order chi connectivity index (χ1) is 5.96. The van der Waals surface area contributed by atoms with Crippen molar-refractivity contribution in [3.8, 4) is 0 Å². The molecule has 0 unspecified atom stereocenters. The highest BCUT2D eigenvalue weighted by Gasteiger charge is 2.65. The van der Waals surface area contributed by atoms with Crippen molar-refractivity contribution in [2.24, 2.45) is 0 Å². The smallest absolute Gasteiger partial charge is 0.257 e. The Labute approximate surface area is 73.4 Å². The Balaban J connectivity index is 2.36. The van der Waals surface area contributed by atoms with Gasteiger partial charge in [-0.05, 0) is 25.3 Å². The Kier molecular flexibility index (Phi) is 1.50. The second-order valence-corrected chi connectivity index (χ2v) is 3.49. The predicted molar refractivity (Wildman–Crippen MR) is 40.2 cm³/mol. The molecule has 1 heterocycles. The zero-order valence-electron chi connectivity index (χ0n) is 7.10. The topological polar surface area (TPSA) is 17.8 Å². The molecule has 0 radical (unpaired) electrons. The van der Waals surface area contributed by atoms with Crippen molar-refractivity contribution < 1.29 is 13.2 Å². The molecule has 1 aliphatic rings. The lowest BCUT2D eigenvalue weighted by Gasteiger charge is -2.19. The maximum Gasteiger partial charge on any atom is 0.413 e. The summed E-state index contributed by atoms with van der Waals surface area (Å²) >= 11 is 0. The predicted octanol–water partition coefficient (Wildman–Crippen LogP) is 2.24. The molecule has 0 N–H and O–H groups in total. The molecule has 1 fully saturated rings. The largest absolute Gasteiger partial charge is 0.413 e. The molecule has 1 aliphatic carbocycles. The van der Waals surface area contributed by atoms with Crippen molar-refractivity contribution in [2.45, 2.75) is 31.5 Å². The first-order valence-corrected chi connectivity index (χ1v) is 4.04. The third-order valence-electron chi connectivity index (χ3n) is 2.40. The highest BCUT2D eigenvalue weighted by atomic mass is 19.4. The second-order valence-electron chi connectivity index (χ2n) is 3.49. The Morgan fingerprint density at radius 3 is 2.38 bits per heavy atom. The molecule has 2 nitrogen and oxygen atoms in total. The van der Waals surface area contributed by atoms with Gasteiger partial charge in [0.15, 0.2) is 5.54 Å². The number of halogens is 3. The van der Waals surface area contributed by atoms with Crippen molar-refractivity contribution in [1.82, 2.24) is 9.78 Å². The van der Waals surface area contributed by atoms with E-state index < -0.39 is 11.7 Å². The minimum atomic E-state index is -4.18. The molecule has 0 spiro atoms. The van der Waals surface area contributed by atoms with E-state index in [4.69, 9.17) is 0 Å². The summed E-state index contributed by atoms with van der Waals surface area (Å²) in [5, 5.41) is 3.71. The molecule has 1 aromatic heterocycles. The quantitative estimate of drug-likeness (QED) is 0.664. The maximum absolute atomic E-state index is 12.5. The number of alkyl halides is 3. The van der Waals surface area contributed by atoms with Crippen molar-refractivity contribution in [3.63, 3.8) is 0 Å². The van der Waals surface area contributed by atoms with Crippen LogP contribution in [0.3, 0.4) is 0 Å². The maximum atomic E-state index is 12.5. The normalized spacial score (nSPS) is 20.3. The van der Waals surface area contributed by atoms with E-state index in [0.29, 0.717) is 0 Å². The van der Waals surface area contributed by atoms with E-state index in [1.54, 1.807) is 6.92 Å². The van der Waals surface area contributed by atoms with E-state index in [2.05, 4.69) is 5.10 Å². The SMILES string of the molecule is Cc1cnn(C2(C(F)(F)F)CC2)c1. The summed E-state index contributed by atoms with van der Waals surface area (Å²) in [5.41, 5.74) is -0.933. The molecule has 72 valence electrons. The fourth-order valence-corrected chi connectivity index (χ4v) is 1.41. The van der Waals surface area contributed by atoms with Crippen LogP contribution in [-0.2, 0) is 5.54 Å². The standard InChI is InChI=1S/C8H9F3N2/c1-6-4-12-13(5-6)7(2-3-7)8(9,10)11/h4-5H,2-3H2,1H3. The Bertz CT molecular complexity index is 322. The van der Waals surface area contributed by atoms with Gasteiger partial charge in [0, 0.05) is 6.20 Å². The van der Waals surface area contributed by atoms with Gasteiger partial charge in [-0.25, -0.2) is 0 Å². The number of hydrogen-bond acceptors (Lipinski definition) is 1. The van der Waals surface area contributed by atoms with E-state index in [1.165, 1.54) is 12.4 Å². The van der Waals surface area contributed by atoms with Crippen molar-refractivity contribution in [1.29, 1.82) is 0 Å². The Morgan fingerprint density at radius 2 is 2.08 bits per heavy atom. The third kappa shape index (κ3) is 1.14. The van der Waals surface area contributed by atoms with Crippen molar-refractivity contribution in [2.75, 3.05) is 0 Å². The summed E-state index contributed by atoms with van der Waals surface area (Å²) in [4.78, 5) is 0. The van der Waals surface area contributed by atoms with Crippen LogP contribution in [0, 0.1) is 6.92 Å². The van der Waals surface area contributed by atoms with E-state index in [1.807, 2.05) is 0 Å². The van der Waals surface area contributed by atoms with Gasteiger partial charge < -0.3 is 0 Å². The van der Waals surface area contributed by atoms with E-state index >= 15 is 0 Å². The molecule has 0 amide bonds. The van der Waals surface area contributed by atoms with Crippen LogP contribution in [0.25, 0.3) is 0 Å². The monoisotopic (exact) mass is 190 g/mol. The van der Waals surface area contributed by atoms with Gasteiger partial charge in [0.2, 0.25) is 0 Å². The van der Waals surface area contributed by atoms with Gasteiger partial charge in [0.25, 0.3) is 0 Å². The van der Waals surface area contributed by atoms with Gasteiger partial charge in [-0.2, -0.15) is 18.3 Å². The van der Waals surface area contributed by atoms with Crippen LogP contribution >= 0.6 is 0 Å². The molecule has 2 rings (SSSR count). The van der Waals surface area contributed by atoms with E-state index in [9.17, 15) is 13.2 Å². The minimum absolute atomic E-state index is 0.150. The molecule has 0 bridgehead atoms. The minimum Gasteiger partial charge on any atom is -0.257 e. The van der Waals surface area contributed by atoms with Crippen LogP contribution in [0.2, 0.25) is 0 Å². The first-order valence-electron chi connectivity index (χ1n) is 4.04. The van der Waals surface area contributed by atoms with Crippen molar-refractivity contribution in [3.05, 3.63) is 18.0 Å². The van der Waals surface area contributed by atoms with Gasteiger partial charge in [-0.15, -0.1) is 0 Å². The van der Waals surface area contributed by atoms with Crippen molar-refractivity contribution >= 4 is 0 Å². The number of aryl methyl sites for hydroxylation is 1. The summed E-state index contributed by atoms with van der Waals surface area (Å²) in [5.74, 6) is 0. The van der Waals surface area contributed by atoms with Crippen LogP contribution in [0.15, 0.2) is 12.4 Å². The van der Waals surface area contributed by atoms with E-state index in [0.717, 1.165) is 10.2 Å². The Hall–Kier alpha value is -1.00. The van der Waals surface area contributed by atoms with Crippen LogP contribution in [0.4, 0.5) is 13.2 Å². The third-order valence-corrected chi connectivity index (χ3v) is 2.40. The molecule has 0 saturated heterocycles. The summed E-state index contributed by atoms with van der Waals surface area (Å²) in [6, 6.07) is 0. The number of hydrogen-bond donors (Lipinski definition) is 0. The molecular weight excluding hydrogens is 181 g/mol. The van der Waals surface area contributed by atoms with Crippen LogP contribution in [-0.4, -0.2) is 16.0 Å². The zero-order chi connectivity index (χ0) is 9.69. The first kappa shape index (κ1) is 8.59. The fourth-order valence-electron chi connectivity index (χ4n) is 1.41. The summed E-state index contributed by atoms with van der Waals surface area (Å²) < 4.78 is 38.6. The number of nitrogens with zero attached hydrogens (tertiary/aromatic N) is 2. The molecule has 1 aromatic rings. The van der Waals surface area contributed by atoms with Crippen LogP contribution < -0.4 is 0 Å². The van der Waals surface area contributed by atoms with Gasteiger partial charge >= 0.3 is 6.18 Å². The summed E-state index contributed by atoms with van der Waals surface area (Å²) in [6.07, 6.45) is -0.979. The lowest BCUT2D eigenvalue weighted by Crippen LogP contribution is -2.35.